The average molecular weight is 257 g/mol. The number of hydrogen-bond donors (Lipinski definition) is 0. The van der Waals surface area contributed by atoms with Gasteiger partial charge in [0.1, 0.15) is 0 Å². The summed E-state index contributed by atoms with van der Waals surface area (Å²) in [5.41, 5.74) is 1.05. The predicted octanol–water partition coefficient (Wildman–Crippen LogP) is 2.81. The molecule has 0 atom stereocenters. The average Bonchev–Trinajstić information content (AvgIpc) is 2.35. The van der Waals surface area contributed by atoms with Crippen LogP contribution in [0.25, 0.3) is 0 Å². The van der Waals surface area contributed by atoms with E-state index in [-0.39, 0.29) is 18.2 Å². The molecule has 0 saturated heterocycles. The van der Waals surface area contributed by atoms with Crippen molar-refractivity contribution < 1.29 is 14.3 Å². The van der Waals surface area contributed by atoms with Crippen LogP contribution in [0.2, 0.25) is 0 Å². The van der Waals surface area contributed by atoms with E-state index in [1.165, 1.54) is 6.08 Å². The molecule has 0 N–H and O–H groups in total. The van der Waals surface area contributed by atoms with Crippen molar-refractivity contribution in [2.45, 2.75) is 12.8 Å². The summed E-state index contributed by atoms with van der Waals surface area (Å²) in [6, 6.07) is 5.65. The predicted molar refractivity (Wildman–Crippen MR) is 70.3 cm³/mol. The first-order chi connectivity index (χ1) is 7.71. The molecule has 3 nitrogen and oxygen atoms in total. The molecule has 4 heteroatoms. The lowest BCUT2D eigenvalue weighted by atomic mass is 10.1. The molecule has 0 heterocycles. The van der Waals surface area contributed by atoms with Gasteiger partial charge < -0.3 is 9.47 Å². The zero-order valence-corrected chi connectivity index (χ0v) is 10.9. The van der Waals surface area contributed by atoms with Gasteiger partial charge >= 0.3 is 0 Å². The summed E-state index contributed by atoms with van der Waals surface area (Å²) in [4.78, 5) is 11.1. The summed E-state index contributed by atoms with van der Waals surface area (Å²) in [5.74, 6) is 1.43. The molecule has 94 valence electrons. The zero-order valence-electron chi connectivity index (χ0n) is 10.1. The van der Waals surface area contributed by atoms with Gasteiger partial charge in [0.2, 0.25) is 0 Å². The van der Waals surface area contributed by atoms with Crippen LogP contribution in [-0.4, -0.2) is 20.0 Å². The molecule has 0 aliphatic heterocycles. The summed E-state index contributed by atoms with van der Waals surface area (Å²) in [6.07, 6.45) is 2.50. The van der Waals surface area contributed by atoms with E-state index in [0.29, 0.717) is 24.3 Å². The van der Waals surface area contributed by atoms with Crippen LogP contribution < -0.4 is 9.47 Å². The minimum atomic E-state index is 0. The van der Waals surface area contributed by atoms with E-state index < -0.39 is 0 Å². The fourth-order valence-corrected chi connectivity index (χ4v) is 1.41. The molecule has 0 aromatic heterocycles. The number of aryl methyl sites for hydroxylation is 1. The number of benzene rings is 1. The maximum atomic E-state index is 11.1. The Morgan fingerprint density at radius 2 is 1.94 bits per heavy atom. The van der Waals surface area contributed by atoms with Crippen LogP contribution in [0.15, 0.2) is 30.9 Å². The first-order valence-corrected chi connectivity index (χ1v) is 5.07. The fourth-order valence-electron chi connectivity index (χ4n) is 1.41. The molecule has 0 fully saturated rings. The normalized spacial score (nSPS) is 9.06. The van der Waals surface area contributed by atoms with E-state index in [2.05, 4.69) is 6.58 Å². The van der Waals surface area contributed by atoms with E-state index in [1.54, 1.807) is 14.2 Å². The molecule has 0 spiro atoms. The molecule has 0 amide bonds. The van der Waals surface area contributed by atoms with Crippen LogP contribution in [0, 0.1) is 0 Å². The standard InChI is InChI=1S/C13H16O3.ClH/c1-4-11(14)7-5-10-6-8-12(15-2)13(9-10)16-3;/h4,6,8-9H,1,5,7H2,2-3H3;1H. The topological polar surface area (TPSA) is 35.5 Å². The molecular formula is C13H17ClO3. The van der Waals surface area contributed by atoms with Gasteiger partial charge in [-0.15, -0.1) is 12.4 Å². The number of ether oxygens (including phenoxy) is 2. The number of rotatable bonds is 6. The second-order valence-electron chi connectivity index (χ2n) is 3.36. The van der Waals surface area contributed by atoms with Crippen molar-refractivity contribution in [3.05, 3.63) is 36.4 Å². The Morgan fingerprint density at radius 1 is 1.29 bits per heavy atom. The minimum absolute atomic E-state index is 0. The lowest BCUT2D eigenvalue weighted by molar-refractivity contribution is -0.114. The van der Waals surface area contributed by atoms with Crippen LogP contribution in [0.1, 0.15) is 12.0 Å². The SMILES string of the molecule is C=CC(=O)CCc1ccc(OC)c(OC)c1.Cl. The summed E-state index contributed by atoms with van der Waals surface area (Å²) in [7, 11) is 3.19. The van der Waals surface area contributed by atoms with Crippen molar-refractivity contribution in [2.24, 2.45) is 0 Å². The van der Waals surface area contributed by atoms with E-state index in [4.69, 9.17) is 9.47 Å². The third-order valence-corrected chi connectivity index (χ3v) is 2.34. The maximum absolute atomic E-state index is 11.1. The Kier molecular flexibility index (Phi) is 7.06. The number of methoxy groups -OCH3 is 2. The molecule has 17 heavy (non-hydrogen) atoms. The van der Waals surface area contributed by atoms with E-state index in [1.807, 2.05) is 18.2 Å². The molecule has 0 aliphatic rings. The number of hydrogen-bond acceptors (Lipinski definition) is 3. The highest BCUT2D eigenvalue weighted by Crippen LogP contribution is 2.27. The van der Waals surface area contributed by atoms with Crippen molar-refractivity contribution in [3.8, 4) is 11.5 Å². The van der Waals surface area contributed by atoms with E-state index in [9.17, 15) is 4.79 Å². The largest absolute Gasteiger partial charge is 0.493 e. The van der Waals surface area contributed by atoms with Gasteiger partial charge in [-0.25, -0.2) is 0 Å². The minimum Gasteiger partial charge on any atom is -0.493 e. The van der Waals surface area contributed by atoms with Crippen LogP contribution in [0.3, 0.4) is 0 Å². The molecule has 0 radical (unpaired) electrons. The number of carbonyl (C=O) groups is 1. The Morgan fingerprint density at radius 3 is 2.47 bits per heavy atom. The van der Waals surface area contributed by atoms with E-state index >= 15 is 0 Å². The van der Waals surface area contributed by atoms with Gasteiger partial charge in [0.25, 0.3) is 0 Å². The van der Waals surface area contributed by atoms with Crippen LogP contribution in [0.5, 0.6) is 11.5 Å². The van der Waals surface area contributed by atoms with Crippen molar-refractivity contribution in [1.29, 1.82) is 0 Å². The Bertz CT molecular complexity index is 388. The van der Waals surface area contributed by atoms with Crippen LogP contribution in [0.4, 0.5) is 0 Å². The smallest absolute Gasteiger partial charge is 0.160 e. The molecule has 0 aliphatic carbocycles. The van der Waals surface area contributed by atoms with Gasteiger partial charge in [0.15, 0.2) is 17.3 Å². The maximum Gasteiger partial charge on any atom is 0.160 e. The van der Waals surface area contributed by atoms with E-state index in [0.717, 1.165) is 5.56 Å². The second-order valence-corrected chi connectivity index (χ2v) is 3.36. The molecule has 0 unspecified atom stereocenters. The Hall–Kier alpha value is -1.48. The molecule has 1 rings (SSSR count). The third-order valence-electron chi connectivity index (χ3n) is 2.34. The van der Waals surface area contributed by atoms with Crippen molar-refractivity contribution in [3.63, 3.8) is 0 Å². The summed E-state index contributed by atoms with van der Waals surface area (Å²) < 4.78 is 10.3. The Labute approximate surface area is 108 Å². The quantitative estimate of drug-likeness (QED) is 0.735. The molecule has 1 aromatic carbocycles. The zero-order chi connectivity index (χ0) is 12.0. The number of allylic oxidation sites excluding steroid dienone is 1. The van der Waals surface area contributed by atoms with Crippen molar-refractivity contribution in [1.82, 2.24) is 0 Å². The lowest BCUT2D eigenvalue weighted by Gasteiger charge is -2.08. The first-order valence-electron chi connectivity index (χ1n) is 5.07. The molecular weight excluding hydrogens is 240 g/mol. The van der Waals surface area contributed by atoms with Gasteiger partial charge in [0.05, 0.1) is 14.2 Å². The highest BCUT2D eigenvalue weighted by molar-refractivity contribution is 5.89. The first kappa shape index (κ1) is 15.5. The second kappa shape index (κ2) is 7.74. The van der Waals surface area contributed by atoms with Crippen molar-refractivity contribution in [2.75, 3.05) is 14.2 Å². The number of ketones is 1. The lowest BCUT2D eigenvalue weighted by Crippen LogP contribution is -1.97. The summed E-state index contributed by atoms with van der Waals surface area (Å²) in [6.45, 7) is 3.44. The third kappa shape index (κ3) is 4.49. The van der Waals surface area contributed by atoms with Gasteiger partial charge in [-0.05, 0) is 30.2 Å². The fraction of sp³-hybridized carbons (Fsp3) is 0.308. The summed E-state index contributed by atoms with van der Waals surface area (Å²) >= 11 is 0. The highest BCUT2D eigenvalue weighted by atomic mass is 35.5. The molecule has 1 aromatic rings. The monoisotopic (exact) mass is 256 g/mol. The molecule has 0 bridgehead atoms. The molecule has 0 saturated carbocycles. The Balaban J connectivity index is 0.00000256. The number of carbonyl (C=O) groups excluding carboxylic acids is 1. The number of halogens is 1. The highest BCUT2D eigenvalue weighted by Gasteiger charge is 2.05. The summed E-state index contributed by atoms with van der Waals surface area (Å²) in [5, 5.41) is 0. The van der Waals surface area contributed by atoms with Gasteiger partial charge in [-0.1, -0.05) is 12.6 Å². The van der Waals surface area contributed by atoms with Crippen LogP contribution in [-0.2, 0) is 11.2 Å². The van der Waals surface area contributed by atoms with Crippen molar-refractivity contribution >= 4 is 18.2 Å². The van der Waals surface area contributed by atoms with Gasteiger partial charge in [0, 0.05) is 6.42 Å². The van der Waals surface area contributed by atoms with Gasteiger partial charge in [-0.3, -0.25) is 4.79 Å². The van der Waals surface area contributed by atoms with Crippen LogP contribution >= 0.6 is 12.4 Å². The van der Waals surface area contributed by atoms with Gasteiger partial charge in [-0.2, -0.15) is 0 Å².